The summed E-state index contributed by atoms with van der Waals surface area (Å²) in [5, 5.41) is 56.1. The lowest BCUT2D eigenvalue weighted by molar-refractivity contribution is -0.337. The van der Waals surface area contributed by atoms with Gasteiger partial charge >= 0.3 is 5.97 Å². The van der Waals surface area contributed by atoms with Gasteiger partial charge in [-0.2, -0.15) is 0 Å². The maximum atomic E-state index is 13.7. The smallest absolute Gasteiger partial charge is 0.303 e. The molecule has 1 unspecified atom stereocenters. The molecule has 9 nitrogen and oxygen atoms in total. The van der Waals surface area contributed by atoms with Crippen LogP contribution in [0.5, 0.6) is 0 Å². The Morgan fingerprint density at radius 1 is 1.17 bits per heavy atom. The molecule has 3 saturated carbocycles. The fourth-order valence-electron chi connectivity index (χ4n) is 7.52. The van der Waals surface area contributed by atoms with Gasteiger partial charge in [-0.05, 0) is 25.0 Å². The van der Waals surface area contributed by atoms with Crippen molar-refractivity contribution in [3.05, 3.63) is 11.1 Å². The van der Waals surface area contributed by atoms with Crippen LogP contribution in [-0.4, -0.2) is 85.6 Å². The van der Waals surface area contributed by atoms with E-state index in [0.717, 1.165) is 0 Å². The molecule has 0 radical (unpaired) electrons. The third kappa shape index (κ3) is 1.80. The topological polar surface area (TPSA) is 154 Å². The summed E-state index contributed by atoms with van der Waals surface area (Å²) in [6.45, 7) is 5.74. The van der Waals surface area contributed by atoms with Gasteiger partial charge in [-0.25, -0.2) is 0 Å². The molecule has 1 heterocycles. The zero-order chi connectivity index (χ0) is 22.2. The van der Waals surface area contributed by atoms with Crippen LogP contribution in [0.25, 0.3) is 0 Å². The third-order valence-electron chi connectivity index (χ3n) is 9.10. The van der Waals surface area contributed by atoms with Gasteiger partial charge in [0, 0.05) is 30.6 Å². The lowest BCUT2D eigenvalue weighted by atomic mass is 9.50. The van der Waals surface area contributed by atoms with Gasteiger partial charge < -0.3 is 35.0 Å². The van der Waals surface area contributed by atoms with E-state index in [1.807, 2.05) is 0 Å². The molecule has 0 aromatic rings. The predicted octanol–water partition coefficient (Wildman–Crippen LogP) is -1.56. The highest BCUT2D eigenvalue weighted by Crippen LogP contribution is 2.77. The molecular weight excluding hydrogens is 396 g/mol. The molecule has 0 aromatic heterocycles. The van der Waals surface area contributed by atoms with Crippen LogP contribution in [0.3, 0.4) is 0 Å². The van der Waals surface area contributed by atoms with Gasteiger partial charge in [0.1, 0.15) is 17.8 Å². The predicted molar refractivity (Wildman–Crippen MR) is 98.7 cm³/mol. The molecule has 1 saturated heterocycles. The van der Waals surface area contributed by atoms with E-state index in [9.17, 15) is 35.1 Å². The summed E-state index contributed by atoms with van der Waals surface area (Å²) in [5.41, 5.74) is -5.63. The number of Topliss-reactive ketones (excluding diaryl/α,β-unsaturated/α-hetero) is 1. The SMILES string of the molecule is CC(=O)O[C@@]12CO[C@@H]1C[C@H](O)[C@@]1(C)C(=O)[C@H](O)C3=C(C)[C@@H](O)C4[C@@]3(C)[C@]4(O)[C@@H](O)[C@H]21. The first-order valence-electron chi connectivity index (χ1n) is 10.3. The van der Waals surface area contributed by atoms with Crippen molar-refractivity contribution >= 4 is 11.8 Å². The number of hydrogen-bond acceptors (Lipinski definition) is 9. The van der Waals surface area contributed by atoms with E-state index < -0.39 is 76.1 Å². The van der Waals surface area contributed by atoms with Crippen molar-refractivity contribution in [2.75, 3.05) is 6.61 Å². The Kier molecular flexibility index (Phi) is 3.78. The fourth-order valence-corrected chi connectivity index (χ4v) is 7.52. The van der Waals surface area contributed by atoms with E-state index in [2.05, 4.69) is 0 Å². The largest absolute Gasteiger partial charge is 0.454 e. The second kappa shape index (κ2) is 5.51. The van der Waals surface area contributed by atoms with Crippen molar-refractivity contribution in [2.45, 2.75) is 75.8 Å². The highest BCUT2D eigenvalue weighted by atomic mass is 16.6. The summed E-state index contributed by atoms with van der Waals surface area (Å²) in [4.78, 5) is 25.6. The maximum Gasteiger partial charge on any atom is 0.303 e. The standard InChI is InChI=1S/C21H28O9/c1-7-11-13(25)16(26)18(3)9(23)5-10-20(6-29-10,30-8(2)22)15(18)17(27)21(28)14(12(7)24)19(11,21)4/h9-10,12-15,17,23-25,27-28H,5-6H2,1-4H3/t9-,10+,12+,13+,14?,15-,17-,18+,19-,20-,21+/m0/s1. The molecule has 4 aliphatic carbocycles. The Morgan fingerprint density at radius 3 is 2.33 bits per heavy atom. The Labute approximate surface area is 173 Å². The number of esters is 1. The number of aliphatic hydroxyl groups excluding tert-OH is 4. The number of ether oxygens (including phenoxy) is 2. The molecule has 0 aromatic carbocycles. The molecule has 5 N–H and O–H groups in total. The Balaban J connectivity index is 1.76. The minimum Gasteiger partial charge on any atom is -0.454 e. The maximum absolute atomic E-state index is 13.7. The zero-order valence-electron chi connectivity index (χ0n) is 17.3. The van der Waals surface area contributed by atoms with Crippen LogP contribution >= 0.6 is 0 Å². The van der Waals surface area contributed by atoms with E-state index in [1.54, 1.807) is 13.8 Å². The number of fused-ring (bicyclic) bond motifs is 4. The summed E-state index contributed by atoms with van der Waals surface area (Å²) in [5.74, 6) is -3.43. The van der Waals surface area contributed by atoms with Gasteiger partial charge in [-0.15, -0.1) is 0 Å². The Hall–Kier alpha value is -1.36. The molecule has 166 valence electrons. The molecular formula is C21H28O9. The normalized spacial score (nSPS) is 58.7. The van der Waals surface area contributed by atoms with E-state index in [-0.39, 0.29) is 18.6 Å². The molecule has 11 atom stereocenters. The van der Waals surface area contributed by atoms with Crippen LogP contribution in [-0.2, 0) is 19.1 Å². The number of hydrogen-bond donors (Lipinski definition) is 5. The monoisotopic (exact) mass is 424 g/mol. The molecule has 0 bridgehead atoms. The van der Waals surface area contributed by atoms with Crippen molar-refractivity contribution in [3.8, 4) is 0 Å². The van der Waals surface area contributed by atoms with Crippen molar-refractivity contribution in [2.24, 2.45) is 22.7 Å². The van der Waals surface area contributed by atoms with Crippen LogP contribution in [0.1, 0.15) is 34.1 Å². The van der Waals surface area contributed by atoms with Crippen LogP contribution in [0.4, 0.5) is 0 Å². The molecule has 9 heteroatoms. The average Bonchev–Trinajstić information content (AvgIpc) is 3.07. The van der Waals surface area contributed by atoms with E-state index in [4.69, 9.17) is 9.47 Å². The third-order valence-corrected chi connectivity index (χ3v) is 9.10. The van der Waals surface area contributed by atoms with Crippen LogP contribution in [0, 0.1) is 22.7 Å². The van der Waals surface area contributed by atoms with Crippen molar-refractivity contribution in [1.29, 1.82) is 0 Å². The lowest BCUT2D eigenvalue weighted by Gasteiger charge is -2.64. The average molecular weight is 424 g/mol. The van der Waals surface area contributed by atoms with Crippen LogP contribution in [0.15, 0.2) is 11.1 Å². The quantitative estimate of drug-likeness (QED) is 0.248. The molecule has 0 amide bonds. The highest BCUT2D eigenvalue weighted by molar-refractivity contribution is 5.94. The molecule has 5 rings (SSSR count). The van der Waals surface area contributed by atoms with Crippen LogP contribution in [0.2, 0.25) is 0 Å². The summed E-state index contributed by atoms with van der Waals surface area (Å²) in [7, 11) is 0. The summed E-state index contributed by atoms with van der Waals surface area (Å²) < 4.78 is 11.2. The number of carbonyl (C=O) groups excluding carboxylic acids is 2. The van der Waals surface area contributed by atoms with Gasteiger partial charge in [0.15, 0.2) is 11.4 Å². The van der Waals surface area contributed by atoms with Crippen molar-refractivity contribution in [1.82, 2.24) is 0 Å². The number of rotatable bonds is 1. The lowest BCUT2D eigenvalue weighted by Crippen LogP contribution is -2.79. The number of aliphatic hydroxyl groups is 5. The number of ketones is 1. The Morgan fingerprint density at radius 2 is 1.80 bits per heavy atom. The summed E-state index contributed by atoms with van der Waals surface area (Å²) in [6.07, 6.45) is -6.51. The minimum absolute atomic E-state index is 0.0226. The zero-order valence-corrected chi connectivity index (χ0v) is 17.3. The molecule has 30 heavy (non-hydrogen) atoms. The van der Waals surface area contributed by atoms with E-state index >= 15 is 0 Å². The molecule has 0 spiro atoms. The van der Waals surface area contributed by atoms with Crippen LogP contribution < -0.4 is 0 Å². The molecule has 5 aliphatic rings. The first-order chi connectivity index (χ1) is 13.8. The molecule has 1 aliphatic heterocycles. The fraction of sp³-hybridized carbons (Fsp3) is 0.810. The molecule has 4 fully saturated rings. The minimum atomic E-state index is -1.86. The second-order valence-electron chi connectivity index (χ2n) is 10.1. The van der Waals surface area contributed by atoms with Gasteiger partial charge in [-0.1, -0.05) is 6.92 Å². The first kappa shape index (κ1) is 20.5. The highest BCUT2D eigenvalue weighted by Gasteiger charge is 2.88. The second-order valence-corrected chi connectivity index (χ2v) is 10.1. The first-order valence-corrected chi connectivity index (χ1v) is 10.3. The van der Waals surface area contributed by atoms with Gasteiger partial charge in [0.25, 0.3) is 0 Å². The van der Waals surface area contributed by atoms with Gasteiger partial charge in [0.2, 0.25) is 0 Å². The number of carbonyl (C=O) groups is 2. The van der Waals surface area contributed by atoms with E-state index in [0.29, 0.717) is 5.57 Å². The van der Waals surface area contributed by atoms with E-state index in [1.165, 1.54) is 13.8 Å². The van der Waals surface area contributed by atoms with Crippen molar-refractivity contribution < 1.29 is 44.6 Å². The summed E-state index contributed by atoms with van der Waals surface area (Å²) in [6, 6.07) is 0. The van der Waals surface area contributed by atoms with Gasteiger partial charge in [0.05, 0.1) is 30.3 Å². The van der Waals surface area contributed by atoms with Gasteiger partial charge in [-0.3, -0.25) is 9.59 Å². The van der Waals surface area contributed by atoms with Crippen molar-refractivity contribution in [3.63, 3.8) is 0 Å². The summed E-state index contributed by atoms with van der Waals surface area (Å²) >= 11 is 0. The Bertz CT molecular complexity index is 899.